The van der Waals surface area contributed by atoms with Crippen LogP contribution in [0.1, 0.15) is 0 Å². The second-order valence-electron chi connectivity index (χ2n) is 4.87. The molecule has 1 aromatic heterocycles. The zero-order valence-electron chi connectivity index (χ0n) is 12.7. The average molecular weight is 355 g/mol. The van der Waals surface area contributed by atoms with E-state index in [2.05, 4.69) is 20.6 Å². The third kappa shape index (κ3) is 2.85. The van der Waals surface area contributed by atoms with Crippen LogP contribution in [-0.4, -0.2) is 27.2 Å². The molecule has 0 fully saturated rings. The van der Waals surface area contributed by atoms with Gasteiger partial charge in [-0.2, -0.15) is 0 Å². The second-order valence-corrected chi connectivity index (χ2v) is 6.96. The van der Waals surface area contributed by atoms with Crippen molar-refractivity contribution in [3.05, 3.63) is 54.6 Å². The van der Waals surface area contributed by atoms with Crippen LogP contribution in [0.2, 0.25) is 0 Å². The standard InChI is InChI=1S/C16H13N5OS2/c1-22-13-10-6-5-9-12(13)17-15-20-21-14(11-7-3-2-4-8-11)18-19-16(21)24-23-15/h2-10H,1H3,(H,17,20). The Bertz CT molecular complexity index is 894. The molecule has 4 rings (SSSR count). The zero-order chi connectivity index (χ0) is 16.4. The minimum Gasteiger partial charge on any atom is -0.494 e. The molecule has 1 aliphatic heterocycles. The van der Waals surface area contributed by atoms with E-state index in [4.69, 9.17) is 4.74 Å². The molecule has 24 heavy (non-hydrogen) atoms. The van der Waals surface area contributed by atoms with Crippen molar-refractivity contribution in [3.8, 4) is 17.1 Å². The molecular formula is C16H13N5OS2. The van der Waals surface area contributed by atoms with E-state index >= 15 is 0 Å². The number of aliphatic imine (C=N–C) groups is 1. The van der Waals surface area contributed by atoms with Gasteiger partial charge >= 0.3 is 0 Å². The number of rotatable bonds is 3. The number of nitrogens with one attached hydrogen (secondary N) is 1. The number of para-hydroxylation sites is 2. The molecule has 0 atom stereocenters. The molecule has 3 aromatic rings. The van der Waals surface area contributed by atoms with Crippen LogP contribution in [0.5, 0.6) is 5.75 Å². The molecule has 2 aromatic carbocycles. The first-order valence-corrected chi connectivity index (χ1v) is 9.34. The lowest BCUT2D eigenvalue weighted by molar-refractivity contribution is 0.416. The fourth-order valence-corrected chi connectivity index (χ4v) is 3.97. The number of fused-ring (bicyclic) bond motifs is 1. The quantitative estimate of drug-likeness (QED) is 0.718. The van der Waals surface area contributed by atoms with E-state index in [1.807, 2.05) is 59.3 Å². The summed E-state index contributed by atoms with van der Waals surface area (Å²) in [5, 5.41) is 10.0. The van der Waals surface area contributed by atoms with Crippen LogP contribution in [0.25, 0.3) is 11.4 Å². The summed E-state index contributed by atoms with van der Waals surface area (Å²) in [6.45, 7) is 0. The van der Waals surface area contributed by atoms with Crippen molar-refractivity contribution in [2.75, 3.05) is 12.5 Å². The third-order valence-electron chi connectivity index (χ3n) is 3.38. The lowest BCUT2D eigenvalue weighted by atomic mass is 10.2. The number of hydrogen-bond donors (Lipinski definition) is 1. The highest BCUT2D eigenvalue weighted by Gasteiger charge is 2.22. The first-order chi connectivity index (χ1) is 11.8. The maximum Gasteiger partial charge on any atom is 0.221 e. The molecule has 0 saturated carbocycles. The number of nitrogens with zero attached hydrogens (tertiary/aromatic N) is 4. The zero-order valence-corrected chi connectivity index (χ0v) is 14.3. The third-order valence-corrected chi connectivity index (χ3v) is 5.38. The van der Waals surface area contributed by atoms with Gasteiger partial charge in [-0.3, -0.25) is 5.43 Å². The number of benzene rings is 2. The van der Waals surface area contributed by atoms with Crippen molar-refractivity contribution >= 4 is 32.4 Å². The molecule has 0 spiro atoms. The summed E-state index contributed by atoms with van der Waals surface area (Å²) in [4.78, 5) is 4.65. The van der Waals surface area contributed by atoms with Gasteiger partial charge in [-0.05, 0) is 33.7 Å². The first kappa shape index (κ1) is 15.1. The molecule has 0 bridgehead atoms. The average Bonchev–Trinajstić information content (AvgIpc) is 3.06. The van der Waals surface area contributed by atoms with Crippen molar-refractivity contribution in [3.63, 3.8) is 0 Å². The van der Waals surface area contributed by atoms with E-state index in [0.29, 0.717) is 0 Å². The lowest BCUT2D eigenvalue weighted by Gasteiger charge is -2.18. The van der Waals surface area contributed by atoms with Gasteiger partial charge in [0.1, 0.15) is 11.4 Å². The van der Waals surface area contributed by atoms with Crippen LogP contribution >= 0.6 is 21.6 Å². The normalized spacial score (nSPS) is 15.0. The number of hydrogen-bond acceptors (Lipinski definition) is 6. The van der Waals surface area contributed by atoms with E-state index in [1.165, 1.54) is 21.6 Å². The van der Waals surface area contributed by atoms with Gasteiger partial charge in [0.2, 0.25) is 5.16 Å². The van der Waals surface area contributed by atoms with E-state index in [0.717, 1.165) is 33.1 Å². The molecule has 2 heterocycles. The molecule has 6 nitrogen and oxygen atoms in total. The van der Waals surface area contributed by atoms with Gasteiger partial charge in [0.05, 0.1) is 7.11 Å². The maximum atomic E-state index is 5.35. The molecule has 8 heteroatoms. The van der Waals surface area contributed by atoms with Crippen molar-refractivity contribution in [1.82, 2.24) is 14.9 Å². The summed E-state index contributed by atoms with van der Waals surface area (Å²) >= 11 is 0. The predicted octanol–water partition coefficient (Wildman–Crippen LogP) is 3.94. The van der Waals surface area contributed by atoms with Gasteiger partial charge in [-0.25, -0.2) is 9.67 Å². The second kappa shape index (κ2) is 6.58. The molecule has 120 valence electrons. The highest BCUT2D eigenvalue weighted by Crippen LogP contribution is 2.38. The Hall–Kier alpha value is -2.45. The summed E-state index contributed by atoms with van der Waals surface area (Å²) in [5.74, 6) is 1.49. The number of ether oxygens (including phenoxy) is 1. The minimum absolute atomic E-state index is 0.732. The maximum absolute atomic E-state index is 5.35. The Balaban J connectivity index is 1.69. The number of amidine groups is 1. The Labute approximate surface area is 146 Å². The van der Waals surface area contributed by atoms with Crippen LogP contribution in [0.4, 0.5) is 5.69 Å². The molecule has 0 amide bonds. The van der Waals surface area contributed by atoms with Gasteiger partial charge in [0.15, 0.2) is 11.0 Å². The van der Waals surface area contributed by atoms with Gasteiger partial charge in [0, 0.05) is 5.56 Å². The van der Waals surface area contributed by atoms with Crippen molar-refractivity contribution < 1.29 is 4.74 Å². The van der Waals surface area contributed by atoms with E-state index < -0.39 is 0 Å². The summed E-state index contributed by atoms with van der Waals surface area (Å²) in [6.07, 6.45) is 0. The Morgan fingerprint density at radius 3 is 2.62 bits per heavy atom. The minimum atomic E-state index is 0.732. The Morgan fingerprint density at radius 1 is 1.00 bits per heavy atom. The SMILES string of the molecule is COc1ccccc1N=C1Nn2c(nnc2-c2ccccc2)SS1. The molecule has 0 radical (unpaired) electrons. The van der Waals surface area contributed by atoms with Crippen LogP contribution in [0.15, 0.2) is 64.7 Å². The largest absolute Gasteiger partial charge is 0.494 e. The van der Waals surface area contributed by atoms with E-state index in [1.54, 1.807) is 7.11 Å². The monoisotopic (exact) mass is 355 g/mol. The number of aromatic nitrogens is 3. The van der Waals surface area contributed by atoms with Crippen molar-refractivity contribution in [2.24, 2.45) is 4.99 Å². The molecule has 0 saturated heterocycles. The van der Waals surface area contributed by atoms with Gasteiger partial charge in [0.25, 0.3) is 0 Å². The summed E-state index contributed by atoms with van der Waals surface area (Å²) < 4.78 is 7.20. The van der Waals surface area contributed by atoms with E-state index in [9.17, 15) is 0 Å². The predicted molar refractivity (Wildman–Crippen MR) is 98.4 cm³/mol. The fraction of sp³-hybridized carbons (Fsp3) is 0.0625. The van der Waals surface area contributed by atoms with Crippen molar-refractivity contribution in [1.29, 1.82) is 0 Å². The van der Waals surface area contributed by atoms with Crippen LogP contribution in [0, 0.1) is 0 Å². The molecule has 1 aliphatic rings. The summed E-state index contributed by atoms with van der Waals surface area (Å²) in [7, 11) is 4.66. The Kier molecular flexibility index (Phi) is 4.14. The molecule has 0 unspecified atom stereocenters. The van der Waals surface area contributed by atoms with Crippen LogP contribution < -0.4 is 10.2 Å². The molecule has 1 N–H and O–H groups in total. The Morgan fingerprint density at radius 2 is 1.79 bits per heavy atom. The molecular weight excluding hydrogens is 342 g/mol. The summed E-state index contributed by atoms with van der Waals surface area (Å²) in [6, 6.07) is 17.6. The van der Waals surface area contributed by atoms with Crippen LogP contribution in [-0.2, 0) is 0 Å². The fourth-order valence-electron chi connectivity index (χ4n) is 2.27. The topological polar surface area (TPSA) is 64.3 Å². The molecule has 0 aliphatic carbocycles. The van der Waals surface area contributed by atoms with Gasteiger partial charge < -0.3 is 4.74 Å². The van der Waals surface area contributed by atoms with Crippen molar-refractivity contribution in [2.45, 2.75) is 5.16 Å². The highest BCUT2D eigenvalue weighted by molar-refractivity contribution is 8.82. The highest BCUT2D eigenvalue weighted by atomic mass is 33.1. The number of methoxy groups -OCH3 is 1. The first-order valence-electron chi connectivity index (χ1n) is 7.19. The van der Waals surface area contributed by atoms with Gasteiger partial charge in [-0.15, -0.1) is 10.2 Å². The van der Waals surface area contributed by atoms with Gasteiger partial charge in [-0.1, -0.05) is 42.5 Å². The summed E-state index contributed by atoms with van der Waals surface area (Å²) in [5.41, 5.74) is 5.04. The smallest absolute Gasteiger partial charge is 0.221 e. The van der Waals surface area contributed by atoms with E-state index in [-0.39, 0.29) is 0 Å². The van der Waals surface area contributed by atoms with Crippen LogP contribution in [0.3, 0.4) is 0 Å². The lowest BCUT2D eigenvalue weighted by Crippen LogP contribution is -2.24.